The van der Waals surface area contributed by atoms with E-state index in [9.17, 15) is 14.7 Å². The summed E-state index contributed by atoms with van der Waals surface area (Å²) in [6.07, 6.45) is 3.79. The van der Waals surface area contributed by atoms with Gasteiger partial charge in [0.2, 0.25) is 5.91 Å². The van der Waals surface area contributed by atoms with Gasteiger partial charge in [-0.25, -0.2) is 4.79 Å². The van der Waals surface area contributed by atoms with Crippen molar-refractivity contribution in [2.24, 2.45) is 5.73 Å². The van der Waals surface area contributed by atoms with Crippen LogP contribution in [0.15, 0.2) is 0 Å². The molecule has 5 nitrogen and oxygen atoms in total. The van der Waals surface area contributed by atoms with Gasteiger partial charge in [0.15, 0.2) is 0 Å². The summed E-state index contributed by atoms with van der Waals surface area (Å²) >= 11 is 0. The Kier molecular flexibility index (Phi) is 4.93. The molecule has 1 atom stereocenters. The van der Waals surface area contributed by atoms with Crippen LogP contribution in [0.1, 0.15) is 45.4 Å². The van der Waals surface area contributed by atoms with Crippen molar-refractivity contribution in [3.63, 3.8) is 0 Å². The van der Waals surface area contributed by atoms with Crippen LogP contribution >= 0.6 is 0 Å². The Morgan fingerprint density at radius 3 is 2.65 bits per heavy atom. The highest BCUT2D eigenvalue weighted by molar-refractivity contribution is 5.87. The van der Waals surface area contributed by atoms with Gasteiger partial charge in [-0.15, -0.1) is 0 Å². The van der Waals surface area contributed by atoms with E-state index < -0.39 is 11.5 Å². The molecular weight excluding hydrogens is 220 g/mol. The molecule has 0 radical (unpaired) electrons. The molecule has 0 bridgehead atoms. The van der Waals surface area contributed by atoms with Crippen LogP contribution in [-0.4, -0.2) is 40.5 Å². The van der Waals surface area contributed by atoms with Crippen molar-refractivity contribution in [2.75, 3.05) is 13.1 Å². The fourth-order valence-electron chi connectivity index (χ4n) is 2.54. The first-order valence-corrected chi connectivity index (χ1v) is 6.32. The van der Waals surface area contributed by atoms with E-state index >= 15 is 0 Å². The summed E-state index contributed by atoms with van der Waals surface area (Å²) < 4.78 is 0. The summed E-state index contributed by atoms with van der Waals surface area (Å²) in [5.41, 5.74) is 4.42. The van der Waals surface area contributed by atoms with E-state index in [1.165, 1.54) is 0 Å². The molecule has 1 rings (SSSR count). The molecule has 17 heavy (non-hydrogen) atoms. The number of hydrogen-bond acceptors (Lipinski definition) is 3. The third kappa shape index (κ3) is 2.77. The van der Waals surface area contributed by atoms with Gasteiger partial charge in [0, 0.05) is 13.0 Å². The lowest BCUT2D eigenvalue weighted by molar-refractivity contribution is -0.156. The number of nitrogens with two attached hydrogens (primary N) is 1. The summed E-state index contributed by atoms with van der Waals surface area (Å²) in [7, 11) is 0. The number of amides is 1. The minimum absolute atomic E-state index is 0.0415. The Labute approximate surface area is 102 Å². The highest BCUT2D eigenvalue weighted by atomic mass is 16.4. The van der Waals surface area contributed by atoms with Crippen LogP contribution in [0.25, 0.3) is 0 Å². The topological polar surface area (TPSA) is 83.6 Å². The highest BCUT2D eigenvalue weighted by Gasteiger charge is 2.48. The van der Waals surface area contributed by atoms with E-state index in [1.807, 2.05) is 6.92 Å². The van der Waals surface area contributed by atoms with Crippen LogP contribution in [0.3, 0.4) is 0 Å². The summed E-state index contributed by atoms with van der Waals surface area (Å²) in [4.78, 5) is 25.0. The molecule has 1 heterocycles. The zero-order valence-electron chi connectivity index (χ0n) is 10.4. The molecule has 0 aliphatic carbocycles. The number of carbonyl (C=O) groups excluding carboxylic acids is 1. The molecule has 1 aliphatic rings. The number of unbranched alkanes of at least 4 members (excludes halogenated alkanes) is 1. The lowest BCUT2D eigenvalue weighted by atomic mass is 9.92. The first kappa shape index (κ1) is 14.0. The van der Waals surface area contributed by atoms with Crippen molar-refractivity contribution in [3.8, 4) is 0 Å². The Morgan fingerprint density at radius 1 is 1.41 bits per heavy atom. The van der Waals surface area contributed by atoms with E-state index in [-0.39, 0.29) is 5.91 Å². The second kappa shape index (κ2) is 6.00. The van der Waals surface area contributed by atoms with Gasteiger partial charge in [-0.3, -0.25) is 4.79 Å². The van der Waals surface area contributed by atoms with Gasteiger partial charge in [0.05, 0.1) is 0 Å². The minimum atomic E-state index is -0.959. The Balaban J connectivity index is 2.67. The van der Waals surface area contributed by atoms with Crippen molar-refractivity contribution in [1.82, 2.24) is 4.90 Å². The molecule has 0 aromatic carbocycles. The number of likely N-dealkylation sites (tertiary alicyclic amines) is 1. The highest BCUT2D eigenvalue weighted by Crippen LogP contribution is 2.33. The molecule has 1 fully saturated rings. The number of hydrogen-bond donors (Lipinski definition) is 2. The quantitative estimate of drug-likeness (QED) is 0.680. The van der Waals surface area contributed by atoms with Crippen LogP contribution in [0, 0.1) is 0 Å². The Hall–Kier alpha value is -1.10. The van der Waals surface area contributed by atoms with E-state index in [0.717, 1.165) is 19.3 Å². The van der Waals surface area contributed by atoms with Gasteiger partial charge in [-0.1, -0.05) is 6.92 Å². The van der Waals surface area contributed by atoms with Gasteiger partial charge < -0.3 is 15.7 Å². The number of rotatable bonds is 6. The van der Waals surface area contributed by atoms with Crippen molar-refractivity contribution >= 4 is 11.9 Å². The maximum Gasteiger partial charge on any atom is 0.329 e. The predicted molar refractivity (Wildman–Crippen MR) is 64.5 cm³/mol. The summed E-state index contributed by atoms with van der Waals surface area (Å²) in [6.45, 7) is 2.98. The monoisotopic (exact) mass is 242 g/mol. The number of carbonyl (C=O) groups is 2. The predicted octanol–water partition coefficient (Wildman–Crippen LogP) is 0.971. The van der Waals surface area contributed by atoms with E-state index in [2.05, 4.69) is 0 Å². The lowest BCUT2D eigenvalue weighted by Crippen LogP contribution is -2.52. The van der Waals surface area contributed by atoms with Gasteiger partial charge in [0.1, 0.15) is 5.54 Å². The molecule has 0 saturated carbocycles. The first-order valence-electron chi connectivity index (χ1n) is 6.32. The SMILES string of the molecule is CCC1(C(=O)O)CCCN1C(=O)CCCCN. The van der Waals surface area contributed by atoms with E-state index in [0.29, 0.717) is 32.4 Å². The third-order valence-electron chi connectivity index (χ3n) is 3.62. The number of carboxylic acid groups (broad SMARTS) is 1. The van der Waals surface area contributed by atoms with E-state index in [4.69, 9.17) is 5.73 Å². The van der Waals surface area contributed by atoms with Gasteiger partial charge in [-0.05, 0) is 38.6 Å². The van der Waals surface area contributed by atoms with Gasteiger partial charge in [-0.2, -0.15) is 0 Å². The summed E-state index contributed by atoms with van der Waals surface area (Å²) in [5.74, 6) is -0.912. The number of aliphatic carboxylic acids is 1. The zero-order chi connectivity index (χ0) is 12.9. The van der Waals surface area contributed by atoms with E-state index in [1.54, 1.807) is 4.90 Å². The molecule has 1 saturated heterocycles. The Morgan fingerprint density at radius 2 is 2.12 bits per heavy atom. The van der Waals surface area contributed by atoms with Crippen molar-refractivity contribution in [2.45, 2.75) is 51.0 Å². The molecule has 1 amide bonds. The molecule has 98 valence electrons. The maximum absolute atomic E-state index is 12.0. The molecule has 1 unspecified atom stereocenters. The third-order valence-corrected chi connectivity index (χ3v) is 3.62. The Bertz CT molecular complexity index is 293. The fraction of sp³-hybridized carbons (Fsp3) is 0.833. The average molecular weight is 242 g/mol. The normalized spacial score (nSPS) is 24.0. The second-order valence-corrected chi connectivity index (χ2v) is 4.59. The van der Waals surface area contributed by atoms with Gasteiger partial charge >= 0.3 is 5.97 Å². The zero-order valence-corrected chi connectivity index (χ0v) is 10.4. The molecule has 0 spiro atoms. The van der Waals surface area contributed by atoms with Crippen LogP contribution in [0.2, 0.25) is 0 Å². The minimum Gasteiger partial charge on any atom is -0.479 e. The number of nitrogens with zero attached hydrogens (tertiary/aromatic N) is 1. The fourth-order valence-corrected chi connectivity index (χ4v) is 2.54. The van der Waals surface area contributed by atoms with Crippen molar-refractivity contribution in [3.05, 3.63) is 0 Å². The first-order chi connectivity index (χ1) is 8.08. The van der Waals surface area contributed by atoms with Crippen molar-refractivity contribution in [1.29, 1.82) is 0 Å². The maximum atomic E-state index is 12.0. The lowest BCUT2D eigenvalue weighted by Gasteiger charge is -2.34. The smallest absolute Gasteiger partial charge is 0.329 e. The van der Waals surface area contributed by atoms with Crippen LogP contribution in [0.5, 0.6) is 0 Å². The number of carboxylic acids is 1. The molecule has 1 aliphatic heterocycles. The average Bonchev–Trinajstić information content (AvgIpc) is 2.74. The summed E-state index contributed by atoms with van der Waals surface area (Å²) in [5, 5.41) is 9.34. The van der Waals surface area contributed by atoms with Crippen LogP contribution in [0.4, 0.5) is 0 Å². The molecule has 0 aromatic heterocycles. The molecule has 3 N–H and O–H groups in total. The van der Waals surface area contributed by atoms with Crippen LogP contribution in [-0.2, 0) is 9.59 Å². The largest absolute Gasteiger partial charge is 0.479 e. The van der Waals surface area contributed by atoms with Crippen molar-refractivity contribution < 1.29 is 14.7 Å². The molecule has 5 heteroatoms. The molecule has 0 aromatic rings. The molecular formula is C12H22N2O3. The summed E-state index contributed by atoms with van der Waals surface area (Å²) in [6, 6.07) is 0. The van der Waals surface area contributed by atoms with Gasteiger partial charge in [0.25, 0.3) is 0 Å². The standard InChI is InChI=1S/C12H22N2O3/c1-2-12(11(16)17)7-5-9-14(12)10(15)6-3-4-8-13/h2-9,13H2,1H3,(H,16,17). The second-order valence-electron chi connectivity index (χ2n) is 4.59. The van der Waals surface area contributed by atoms with Crippen LogP contribution < -0.4 is 5.73 Å².